The SMILES string of the molecule is Cc1ccnc(OCC2CCCCO2)c1C(=N)N. The molecule has 0 amide bonds. The largest absolute Gasteiger partial charge is 0.474 e. The van der Waals surface area contributed by atoms with E-state index >= 15 is 0 Å². The number of rotatable bonds is 4. The van der Waals surface area contributed by atoms with Crippen molar-refractivity contribution in [2.24, 2.45) is 5.73 Å². The third-order valence-electron chi connectivity index (χ3n) is 3.07. The number of pyridine rings is 1. The average Bonchev–Trinajstić information content (AvgIpc) is 2.37. The van der Waals surface area contributed by atoms with Crippen molar-refractivity contribution in [3.8, 4) is 5.88 Å². The van der Waals surface area contributed by atoms with E-state index < -0.39 is 0 Å². The number of nitrogens with two attached hydrogens (primary N) is 1. The topological polar surface area (TPSA) is 81.2 Å². The number of aromatic nitrogens is 1. The molecule has 5 heteroatoms. The van der Waals surface area contributed by atoms with Crippen molar-refractivity contribution in [1.82, 2.24) is 4.98 Å². The molecule has 0 bridgehead atoms. The van der Waals surface area contributed by atoms with Crippen molar-refractivity contribution in [3.63, 3.8) is 0 Å². The van der Waals surface area contributed by atoms with Gasteiger partial charge in [0.05, 0.1) is 11.7 Å². The molecule has 1 saturated heterocycles. The number of aryl methyl sites for hydroxylation is 1. The lowest BCUT2D eigenvalue weighted by atomic mass is 10.1. The summed E-state index contributed by atoms with van der Waals surface area (Å²) in [4.78, 5) is 4.15. The van der Waals surface area contributed by atoms with Gasteiger partial charge < -0.3 is 15.2 Å². The summed E-state index contributed by atoms with van der Waals surface area (Å²) in [6, 6.07) is 1.82. The van der Waals surface area contributed by atoms with Crippen molar-refractivity contribution in [2.75, 3.05) is 13.2 Å². The van der Waals surface area contributed by atoms with Gasteiger partial charge in [0.15, 0.2) is 0 Å². The van der Waals surface area contributed by atoms with E-state index in [0.29, 0.717) is 18.1 Å². The molecule has 3 N–H and O–H groups in total. The molecular formula is C13H19N3O2. The van der Waals surface area contributed by atoms with Crippen molar-refractivity contribution < 1.29 is 9.47 Å². The smallest absolute Gasteiger partial charge is 0.224 e. The molecule has 18 heavy (non-hydrogen) atoms. The summed E-state index contributed by atoms with van der Waals surface area (Å²) in [5, 5.41) is 7.57. The van der Waals surface area contributed by atoms with Gasteiger partial charge in [-0.3, -0.25) is 5.41 Å². The van der Waals surface area contributed by atoms with Crippen LogP contribution < -0.4 is 10.5 Å². The van der Waals surface area contributed by atoms with Crippen molar-refractivity contribution in [3.05, 3.63) is 23.4 Å². The van der Waals surface area contributed by atoms with Gasteiger partial charge in [-0.05, 0) is 37.8 Å². The van der Waals surface area contributed by atoms with E-state index in [-0.39, 0.29) is 11.9 Å². The zero-order chi connectivity index (χ0) is 13.0. The highest BCUT2D eigenvalue weighted by Crippen LogP contribution is 2.20. The van der Waals surface area contributed by atoms with Gasteiger partial charge in [0.1, 0.15) is 12.4 Å². The van der Waals surface area contributed by atoms with Crippen LogP contribution in [0, 0.1) is 12.3 Å². The first-order valence-corrected chi connectivity index (χ1v) is 6.23. The maximum Gasteiger partial charge on any atom is 0.224 e. The van der Waals surface area contributed by atoms with Crippen molar-refractivity contribution in [2.45, 2.75) is 32.3 Å². The molecule has 0 spiro atoms. The van der Waals surface area contributed by atoms with E-state index in [4.69, 9.17) is 20.6 Å². The Morgan fingerprint density at radius 2 is 2.44 bits per heavy atom. The third kappa shape index (κ3) is 2.98. The fourth-order valence-corrected chi connectivity index (χ4v) is 2.08. The molecule has 1 aromatic rings. The number of nitrogen functional groups attached to an aromatic ring is 1. The normalized spacial score (nSPS) is 19.5. The van der Waals surface area contributed by atoms with Crippen LogP contribution in [0.3, 0.4) is 0 Å². The van der Waals surface area contributed by atoms with E-state index in [0.717, 1.165) is 25.0 Å². The van der Waals surface area contributed by atoms with Gasteiger partial charge in [-0.25, -0.2) is 4.98 Å². The minimum Gasteiger partial charge on any atom is -0.474 e. The van der Waals surface area contributed by atoms with E-state index in [9.17, 15) is 0 Å². The van der Waals surface area contributed by atoms with Crippen LogP contribution in [-0.2, 0) is 4.74 Å². The highest BCUT2D eigenvalue weighted by molar-refractivity contribution is 5.98. The Hall–Kier alpha value is -1.62. The number of hydrogen-bond acceptors (Lipinski definition) is 4. The standard InChI is InChI=1S/C13H19N3O2/c1-9-5-6-16-13(11(9)12(14)15)18-8-10-4-2-3-7-17-10/h5-6,10H,2-4,7-8H2,1H3,(H3,14,15). The minimum atomic E-state index is -0.0137. The van der Waals surface area contributed by atoms with Crippen molar-refractivity contribution >= 4 is 5.84 Å². The molecule has 2 heterocycles. The summed E-state index contributed by atoms with van der Waals surface area (Å²) in [6.45, 7) is 3.16. The zero-order valence-electron chi connectivity index (χ0n) is 10.6. The summed E-state index contributed by atoms with van der Waals surface area (Å²) >= 11 is 0. The number of nitrogens with zero attached hydrogens (tertiary/aromatic N) is 1. The maximum absolute atomic E-state index is 7.57. The van der Waals surface area contributed by atoms with E-state index in [1.165, 1.54) is 6.42 Å². The molecule has 0 aromatic carbocycles. The number of hydrogen-bond donors (Lipinski definition) is 2. The summed E-state index contributed by atoms with van der Waals surface area (Å²) in [5.74, 6) is 0.414. The van der Waals surface area contributed by atoms with Gasteiger partial charge in [-0.15, -0.1) is 0 Å². The summed E-state index contributed by atoms with van der Waals surface area (Å²) in [6.07, 6.45) is 5.10. The lowest BCUT2D eigenvalue weighted by Gasteiger charge is -2.23. The molecule has 5 nitrogen and oxygen atoms in total. The van der Waals surface area contributed by atoms with Crippen molar-refractivity contribution in [1.29, 1.82) is 5.41 Å². The highest BCUT2D eigenvalue weighted by atomic mass is 16.5. The molecule has 1 aliphatic heterocycles. The van der Waals surface area contributed by atoms with E-state index in [2.05, 4.69) is 4.98 Å². The molecule has 1 aromatic heterocycles. The summed E-state index contributed by atoms with van der Waals surface area (Å²) in [7, 11) is 0. The lowest BCUT2D eigenvalue weighted by molar-refractivity contribution is -0.0119. The van der Waals surface area contributed by atoms with Crippen LogP contribution in [0.5, 0.6) is 5.88 Å². The molecule has 1 aliphatic rings. The first kappa shape index (κ1) is 12.8. The Balaban J connectivity index is 2.04. The monoisotopic (exact) mass is 249 g/mol. The van der Waals surface area contributed by atoms with E-state index in [1.54, 1.807) is 6.20 Å². The fraction of sp³-hybridized carbons (Fsp3) is 0.538. The zero-order valence-corrected chi connectivity index (χ0v) is 10.6. The van der Waals surface area contributed by atoms with Gasteiger partial charge in [-0.2, -0.15) is 0 Å². The molecule has 1 unspecified atom stereocenters. The molecule has 98 valence electrons. The first-order chi connectivity index (χ1) is 8.68. The Morgan fingerprint density at radius 3 is 3.11 bits per heavy atom. The quantitative estimate of drug-likeness (QED) is 0.627. The first-order valence-electron chi connectivity index (χ1n) is 6.23. The summed E-state index contributed by atoms with van der Waals surface area (Å²) in [5.41, 5.74) is 7.03. The molecule has 1 atom stereocenters. The maximum atomic E-state index is 7.57. The molecule has 0 radical (unpaired) electrons. The second kappa shape index (κ2) is 5.82. The second-order valence-corrected chi connectivity index (χ2v) is 4.52. The Labute approximate surface area is 107 Å². The fourth-order valence-electron chi connectivity index (χ4n) is 2.08. The lowest BCUT2D eigenvalue weighted by Crippen LogP contribution is -2.27. The van der Waals surface area contributed by atoms with Crippen LogP contribution in [-0.4, -0.2) is 30.1 Å². The van der Waals surface area contributed by atoms with Crippen LogP contribution in [0.2, 0.25) is 0 Å². The predicted molar refractivity (Wildman–Crippen MR) is 69.1 cm³/mol. The highest BCUT2D eigenvalue weighted by Gasteiger charge is 2.17. The summed E-state index contributed by atoms with van der Waals surface area (Å²) < 4.78 is 11.3. The molecule has 2 rings (SSSR count). The molecule has 0 aliphatic carbocycles. The van der Waals surface area contributed by atoms with Gasteiger partial charge in [-0.1, -0.05) is 0 Å². The van der Waals surface area contributed by atoms with Gasteiger partial charge >= 0.3 is 0 Å². The van der Waals surface area contributed by atoms with Crippen LogP contribution >= 0.6 is 0 Å². The second-order valence-electron chi connectivity index (χ2n) is 4.52. The van der Waals surface area contributed by atoms with Crippen LogP contribution in [0.1, 0.15) is 30.4 Å². The van der Waals surface area contributed by atoms with E-state index in [1.807, 2.05) is 13.0 Å². The van der Waals surface area contributed by atoms with Gasteiger partial charge in [0, 0.05) is 12.8 Å². The molecule has 1 fully saturated rings. The molecular weight excluding hydrogens is 230 g/mol. The molecule has 0 saturated carbocycles. The third-order valence-corrected chi connectivity index (χ3v) is 3.07. The van der Waals surface area contributed by atoms with Gasteiger partial charge in [0.2, 0.25) is 5.88 Å². The minimum absolute atomic E-state index is 0.0137. The number of ether oxygens (including phenoxy) is 2. The number of amidine groups is 1. The average molecular weight is 249 g/mol. The van der Waals surface area contributed by atoms with Crippen LogP contribution in [0.4, 0.5) is 0 Å². The van der Waals surface area contributed by atoms with Crippen LogP contribution in [0.25, 0.3) is 0 Å². The predicted octanol–water partition coefficient (Wildman–Crippen LogP) is 1.62. The Bertz CT molecular complexity index is 428. The van der Waals surface area contributed by atoms with Gasteiger partial charge in [0.25, 0.3) is 0 Å². The Kier molecular flexibility index (Phi) is 4.15. The van der Waals surface area contributed by atoms with Crippen LogP contribution in [0.15, 0.2) is 12.3 Å². The number of nitrogens with one attached hydrogen (secondary N) is 1. The Morgan fingerprint density at radius 1 is 1.61 bits per heavy atom.